The van der Waals surface area contributed by atoms with Crippen LogP contribution in [0.25, 0.3) is 0 Å². The Labute approximate surface area is 138 Å². The molecule has 0 saturated heterocycles. The third kappa shape index (κ3) is 2.66. The van der Waals surface area contributed by atoms with Crippen molar-refractivity contribution < 1.29 is 22.7 Å². The molecule has 7 nitrogen and oxygen atoms in total. The fourth-order valence-corrected chi connectivity index (χ4v) is 3.16. The SMILES string of the molecule is COc1ccccc1CN1C(=O)C(=O)c2cc(S(N)(=O)=O)ccc21. The highest BCUT2D eigenvalue weighted by atomic mass is 32.2. The molecule has 2 aromatic rings. The molecule has 3 rings (SSSR count). The normalized spacial score (nSPS) is 14.0. The first-order valence-electron chi connectivity index (χ1n) is 6.98. The molecule has 1 aliphatic rings. The summed E-state index contributed by atoms with van der Waals surface area (Å²) < 4.78 is 28.1. The summed E-state index contributed by atoms with van der Waals surface area (Å²) in [5.74, 6) is -0.889. The van der Waals surface area contributed by atoms with Gasteiger partial charge in [0.15, 0.2) is 0 Å². The number of nitrogens with zero attached hydrogens (tertiary/aromatic N) is 1. The van der Waals surface area contributed by atoms with E-state index in [1.165, 1.54) is 24.1 Å². The fourth-order valence-electron chi connectivity index (χ4n) is 2.62. The van der Waals surface area contributed by atoms with Gasteiger partial charge in [0.2, 0.25) is 10.0 Å². The lowest BCUT2D eigenvalue weighted by Gasteiger charge is -2.18. The van der Waals surface area contributed by atoms with Crippen molar-refractivity contribution in [3.05, 3.63) is 53.6 Å². The van der Waals surface area contributed by atoms with Gasteiger partial charge < -0.3 is 9.64 Å². The second-order valence-electron chi connectivity index (χ2n) is 5.26. The van der Waals surface area contributed by atoms with Crippen LogP contribution in [0.1, 0.15) is 15.9 Å². The minimum atomic E-state index is -3.95. The maximum absolute atomic E-state index is 12.3. The minimum absolute atomic E-state index is 0.0291. The molecule has 1 amide bonds. The molecule has 8 heteroatoms. The highest BCUT2D eigenvalue weighted by molar-refractivity contribution is 7.89. The molecular weight excluding hydrogens is 332 g/mol. The summed E-state index contributed by atoms with van der Waals surface area (Å²) in [6, 6.07) is 10.9. The molecule has 0 aromatic heterocycles. The predicted octanol–water partition coefficient (Wildman–Crippen LogP) is 1.07. The van der Waals surface area contributed by atoms with Crippen LogP contribution < -0.4 is 14.8 Å². The Morgan fingerprint density at radius 3 is 2.50 bits per heavy atom. The van der Waals surface area contributed by atoms with Crippen molar-refractivity contribution in [3.63, 3.8) is 0 Å². The van der Waals surface area contributed by atoms with E-state index in [1.807, 2.05) is 0 Å². The highest BCUT2D eigenvalue weighted by Gasteiger charge is 2.36. The largest absolute Gasteiger partial charge is 0.496 e. The van der Waals surface area contributed by atoms with Crippen molar-refractivity contribution in [3.8, 4) is 5.75 Å². The number of anilines is 1. The first-order chi connectivity index (χ1) is 11.3. The molecule has 1 heterocycles. The van der Waals surface area contributed by atoms with E-state index in [-0.39, 0.29) is 17.0 Å². The van der Waals surface area contributed by atoms with Crippen LogP contribution in [0.2, 0.25) is 0 Å². The molecule has 0 atom stereocenters. The average molecular weight is 346 g/mol. The minimum Gasteiger partial charge on any atom is -0.496 e. The van der Waals surface area contributed by atoms with Gasteiger partial charge in [-0.05, 0) is 24.3 Å². The third-order valence-corrected chi connectivity index (χ3v) is 4.70. The van der Waals surface area contributed by atoms with E-state index in [1.54, 1.807) is 24.3 Å². The van der Waals surface area contributed by atoms with Gasteiger partial charge >= 0.3 is 0 Å². The van der Waals surface area contributed by atoms with Crippen LogP contribution in [0.3, 0.4) is 0 Å². The number of nitrogens with two attached hydrogens (primary N) is 1. The second-order valence-corrected chi connectivity index (χ2v) is 6.82. The molecule has 0 fully saturated rings. The number of rotatable bonds is 4. The predicted molar refractivity (Wildman–Crippen MR) is 86.3 cm³/mol. The number of fused-ring (bicyclic) bond motifs is 1. The maximum Gasteiger partial charge on any atom is 0.299 e. The lowest BCUT2D eigenvalue weighted by Crippen LogP contribution is -2.29. The summed E-state index contributed by atoms with van der Waals surface area (Å²) >= 11 is 0. The van der Waals surface area contributed by atoms with Crippen molar-refractivity contribution in [1.29, 1.82) is 0 Å². The smallest absolute Gasteiger partial charge is 0.299 e. The van der Waals surface area contributed by atoms with Gasteiger partial charge in [-0.1, -0.05) is 18.2 Å². The van der Waals surface area contributed by atoms with E-state index in [9.17, 15) is 18.0 Å². The molecule has 2 N–H and O–H groups in total. The number of hydrogen-bond acceptors (Lipinski definition) is 5. The number of para-hydroxylation sites is 1. The molecule has 0 spiro atoms. The van der Waals surface area contributed by atoms with Gasteiger partial charge in [-0.25, -0.2) is 13.6 Å². The Kier molecular flexibility index (Phi) is 3.86. The number of ether oxygens (including phenoxy) is 1. The topological polar surface area (TPSA) is 107 Å². The maximum atomic E-state index is 12.3. The van der Waals surface area contributed by atoms with Crippen LogP contribution in [-0.2, 0) is 21.4 Å². The third-order valence-electron chi connectivity index (χ3n) is 3.79. The first-order valence-corrected chi connectivity index (χ1v) is 8.52. The lowest BCUT2D eigenvalue weighted by molar-refractivity contribution is -0.114. The number of ketones is 1. The van der Waals surface area contributed by atoms with Crippen molar-refractivity contribution in [2.24, 2.45) is 5.14 Å². The summed E-state index contributed by atoms with van der Waals surface area (Å²) in [7, 11) is -2.44. The number of methoxy groups -OCH3 is 1. The number of carbonyl (C=O) groups is 2. The summed E-state index contributed by atoms with van der Waals surface area (Å²) in [6.45, 7) is 0.135. The zero-order chi connectivity index (χ0) is 17.5. The summed E-state index contributed by atoms with van der Waals surface area (Å²) in [5, 5.41) is 5.07. The zero-order valence-electron chi connectivity index (χ0n) is 12.7. The molecular formula is C16H14N2O5S. The Morgan fingerprint density at radius 1 is 1.12 bits per heavy atom. The van der Waals surface area contributed by atoms with Crippen LogP contribution in [0.5, 0.6) is 5.75 Å². The monoisotopic (exact) mass is 346 g/mol. The van der Waals surface area contributed by atoms with Crippen LogP contribution in [-0.4, -0.2) is 27.2 Å². The summed E-state index contributed by atoms with van der Waals surface area (Å²) in [4.78, 5) is 25.5. The van der Waals surface area contributed by atoms with Gasteiger partial charge in [0.05, 0.1) is 29.8 Å². The second kappa shape index (κ2) is 5.73. The highest BCUT2D eigenvalue weighted by Crippen LogP contribution is 2.33. The average Bonchev–Trinajstić information content (AvgIpc) is 2.79. The van der Waals surface area contributed by atoms with Crippen LogP contribution in [0.15, 0.2) is 47.4 Å². The Hall–Kier alpha value is -2.71. The van der Waals surface area contributed by atoms with E-state index in [2.05, 4.69) is 0 Å². The molecule has 0 saturated carbocycles. The molecule has 124 valence electrons. The molecule has 24 heavy (non-hydrogen) atoms. The molecule has 0 unspecified atom stereocenters. The lowest BCUT2D eigenvalue weighted by atomic mass is 10.1. The van der Waals surface area contributed by atoms with Crippen LogP contribution in [0.4, 0.5) is 5.69 Å². The molecule has 1 aliphatic heterocycles. The number of sulfonamides is 1. The number of carbonyl (C=O) groups excluding carboxylic acids is 2. The van der Waals surface area contributed by atoms with Gasteiger partial charge in [0.1, 0.15) is 5.75 Å². The van der Waals surface area contributed by atoms with E-state index >= 15 is 0 Å². The Morgan fingerprint density at radius 2 is 1.83 bits per heavy atom. The number of amides is 1. The summed E-state index contributed by atoms with van der Waals surface area (Å²) in [5.41, 5.74) is 1.11. The molecule has 2 aromatic carbocycles. The zero-order valence-corrected chi connectivity index (χ0v) is 13.5. The number of benzene rings is 2. The van der Waals surface area contributed by atoms with Gasteiger partial charge in [-0.2, -0.15) is 0 Å². The van der Waals surface area contributed by atoms with Gasteiger partial charge in [0, 0.05) is 5.56 Å². The van der Waals surface area contributed by atoms with Crippen molar-refractivity contribution in [2.75, 3.05) is 12.0 Å². The summed E-state index contributed by atoms with van der Waals surface area (Å²) in [6.07, 6.45) is 0. The number of primary sulfonamides is 1. The van der Waals surface area contributed by atoms with Crippen LogP contribution in [0, 0.1) is 0 Å². The van der Waals surface area contributed by atoms with Gasteiger partial charge in [-0.3, -0.25) is 9.59 Å². The Bertz CT molecular complexity index is 953. The number of hydrogen-bond donors (Lipinski definition) is 1. The molecule has 0 radical (unpaired) electrons. The van der Waals surface area contributed by atoms with E-state index in [0.717, 1.165) is 11.6 Å². The van der Waals surface area contributed by atoms with E-state index in [4.69, 9.17) is 9.88 Å². The van der Waals surface area contributed by atoms with Crippen LogP contribution >= 0.6 is 0 Å². The molecule has 0 bridgehead atoms. The van der Waals surface area contributed by atoms with Crippen molar-refractivity contribution in [2.45, 2.75) is 11.4 Å². The first kappa shape index (κ1) is 16.2. The van der Waals surface area contributed by atoms with Gasteiger partial charge in [-0.15, -0.1) is 0 Å². The van der Waals surface area contributed by atoms with Crippen molar-refractivity contribution >= 4 is 27.4 Å². The van der Waals surface area contributed by atoms with Crippen molar-refractivity contribution in [1.82, 2.24) is 0 Å². The van der Waals surface area contributed by atoms with E-state index < -0.39 is 21.7 Å². The van der Waals surface area contributed by atoms with Gasteiger partial charge in [0.25, 0.3) is 11.7 Å². The standard InChI is InChI=1S/C16H14N2O5S/c1-23-14-5-3-2-4-10(14)9-18-13-7-6-11(24(17,21)22)8-12(13)15(19)16(18)20/h2-8H,9H2,1H3,(H2,17,21,22). The number of Topliss-reactive ketones (excluding diaryl/α,β-unsaturated/α-hetero) is 1. The quantitative estimate of drug-likeness (QED) is 0.834. The Balaban J connectivity index is 2.04. The van der Waals surface area contributed by atoms with E-state index in [0.29, 0.717) is 11.4 Å². The molecule has 0 aliphatic carbocycles. The fraction of sp³-hybridized carbons (Fsp3) is 0.125.